The molecule has 0 bridgehead atoms. The molecule has 20 heavy (non-hydrogen) atoms. The number of nitrogens with one attached hydrogen (secondary N) is 1. The summed E-state index contributed by atoms with van der Waals surface area (Å²) in [6.07, 6.45) is 3.00. The highest BCUT2D eigenvalue weighted by Gasteiger charge is 2.43. The summed E-state index contributed by atoms with van der Waals surface area (Å²) < 4.78 is 26.5. The zero-order valence-electron chi connectivity index (χ0n) is 10.9. The molecule has 3 N–H and O–H groups in total. The first-order valence-corrected chi connectivity index (χ1v) is 6.89. The lowest BCUT2D eigenvalue weighted by Gasteiger charge is -2.26. The molecule has 0 saturated heterocycles. The fourth-order valence-electron chi connectivity index (χ4n) is 2.59. The number of nitrogens with two attached hydrogens (primary N) is 1. The van der Waals surface area contributed by atoms with Gasteiger partial charge in [-0.3, -0.25) is 4.79 Å². The molecule has 1 aromatic rings. The van der Waals surface area contributed by atoms with E-state index in [1.807, 2.05) is 0 Å². The predicted octanol–water partition coefficient (Wildman–Crippen LogP) is 2.43. The second kappa shape index (κ2) is 5.83. The molecule has 0 spiro atoms. The van der Waals surface area contributed by atoms with Gasteiger partial charge in [0, 0.05) is 12.1 Å². The number of hydrogen-bond donors (Lipinski definition) is 2. The topological polar surface area (TPSA) is 55.1 Å². The van der Waals surface area contributed by atoms with Crippen molar-refractivity contribution >= 4 is 23.1 Å². The zero-order valence-corrected chi connectivity index (χ0v) is 11.7. The van der Waals surface area contributed by atoms with E-state index in [1.54, 1.807) is 0 Å². The Morgan fingerprint density at radius 2 is 2.00 bits per heavy atom. The van der Waals surface area contributed by atoms with Gasteiger partial charge in [-0.25, -0.2) is 8.78 Å². The van der Waals surface area contributed by atoms with Crippen LogP contribution >= 0.6 is 12.2 Å². The Morgan fingerprint density at radius 1 is 1.35 bits per heavy atom. The van der Waals surface area contributed by atoms with E-state index in [0.717, 1.165) is 31.0 Å². The van der Waals surface area contributed by atoms with Gasteiger partial charge in [-0.2, -0.15) is 0 Å². The molecular formula is C14H16F2N2OS. The molecular weight excluding hydrogens is 282 g/mol. The number of carbonyl (C=O) groups excluding carboxylic acids is 1. The van der Waals surface area contributed by atoms with Crippen LogP contribution in [-0.4, -0.2) is 10.9 Å². The predicted molar refractivity (Wildman–Crippen MR) is 75.9 cm³/mol. The van der Waals surface area contributed by atoms with Gasteiger partial charge in [-0.1, -0.05) is 25.1 Å². The smallest absolute Gasteiger partial charge is 0.233 e. The number of benzene rings is 1. The van der Waals surface area contributed by atoms with Crippen molar-refractivity contribution in [2.45, 2.75) is 32.2 Å². The molecule has 0 unspecified atom stereocenters. The minimum Gasteiger partial charge on any atom is -0.392 e. The third-order valence-electron chi connectivity index (χ3n) is 3.81. The minimum atomic E-state index is -0.834. The van der Waals surface area contributed by atoms with Crippen LogP contribution in [0.4, 0.5) is 8.78 Å². The van der Waals surface area contributed by atoms with Gasteiger partial charge in [-0.15, -0.1) is 0 Å². The highest BCUT2D eigenvalue weighted by Crippen LogP contribution is 2.38. The molecule has 0 aliphatic heterocycles. The second-order valence-electron chi connectivity index (χ2n) is 5.07. The fraction of sp³-hybridized carbons (Fsp3) is 0.429. The SMILES string of the molecule is NC(=S)C1(C(=O)NCc2cc(F)ccc2F)CCCC1. The molecule has 0 radical (unpaired) electrons. The summed E-state index contributed by atoms with van der Waals surface area (Å²) in [5.74, 6) is -1.39. The lowest BCUT2D eigenvalue weighted by molar-refractivity contribution is -0.127. The summed E-state index contributed by atoms with van der Waals surface area (Å²) in [6, 6.07) is 3.14. The van der Waals surface area contributed by atoms with Gasteiger partial charge in [0.25, 0.3) is 0 Å². The third kappa shape index (κ3) is 2.80. The molecule has 3 nitrogen and oxygen atoms in total. The molecule has 0 aromatic heterocycles. The fourth-order valence-corrected chi connectivity index (χ4v) is 2.88. The maximum absolute atomic E-state index is 13.5. The first-order valence-electron chi connectivity index (χ1n) is 6.48. The van der Waals surface area contributed by atoms with E-state index < -0.39 is 17.0 Å². The molecule has 1 aliphatic rings. The highest BCUT2D eigenvalue weighted by atomic mass is 32.1. The maximum atomic E-state index is 13.5. The Hall–Kier alpha value is -1.56. The van der Waals surface area contributed by atoms with Crippen molar-refractivity contribution in [3.05, 3.63) is 35.4 Å². The average molecular weight is 298 g/mol. The van der Waals surface area contributed by atoms with E-state index in [0.29, 0.717) is 12.8 Å². The molecule has 1 aliphatic carbocycles. The van der Waals surface area contributed by atoms with Gasteiger partial charge in [-0.05, 0) is 31.0 Å². The van der Waals surface area contributed by atoms with Crippen molar-refractivity contribution in [3.8, 4) is 0 Å². The normalized spacial score (nSPS) is 16.9. The summed E-state index contributed by atoms with van der Waals surface area (Å²) in [4.78, 5) is 12.5. The first-order chi connectivity index (χ1) is 9.45. The van der Waals surface area contributed by atoms with Gasteiger partial charge in [0.1, 0.15) is 11.6 Å². The van der Waals surface area contributed by atoms with Crippen LogP contribution in [0.1, 0.15) is 31.2 Å². The average Bonchev–Trinajstić information content (AvgIpc) is 2.90. The summed E-state index contributed by atoms with van der Waals surface area (Å²) in [7, 11) is 0. The Labute approximate surface area is 121 Å². The molecule has 1 fully saturated rings. The van der Waals surface area contributed by atoms with Gasteiger partial charge >= 0.3 is 0 Å². The van der Waals surface area contributed by atoms with Crippen LogP contribution < -0.4 is 11.1 Å². The molecule has 1 saturated carbocycles. The molecule has 1 aromatic carbocycles. The van der Waals surface area contributed by atoms with Crippen LogP contribution in [0.3, 0.4) is 0 Å². The second-order valence-corrected chi connectivity index (χ2v) is 5.51. The minimum absolute atomic E-state index is 0.0766. The van der Waals surface area contributed by atoms with Crippen LogP contribution in [0.2, 0.25) is 0 Å². The Balaban J connectivity index is 2.08. The van der Waals surface area contributed by atoms with E-state index in [1.165, 1.54) is 0 Å². The summed E-state index contributed by atoms with van der Waals surface area (Å²) >= 11 is 5.00. The molecule has 0 atom stereocenters. The van der Waals surface area contributed by atoms with Crippen LogP contribution in [-0.2, 0) is 11.3 Å². The van der Waals surface area contributed by atoms with E-state index in [-0.39, 0.29) is 23.0 Å². The van der Waals surface area contributed by atoms with E-state index >= 15 is 0 Å². The van der Waals surface area contributed by atoms with Gasteiger partial charge in [0.15, 0.2) is 0 Å². The largest absolute Gasteiger partial charge is 0.392 e. The number of halogens is 2. The Kier molecular flexibility index (Phi) is 4.32. The monoisotopic (exact) mass is 298 g/mol. The van der Waals surface area contributed by atoms with Crippen molar-refractivity contribution in [1.29, 1.82) is 0 Å². The highest BCUT2D eigenvalue weighted by molar-refractivity contribution is 7.80. The molecule has 2 rings (SSSR count). The lowest BCUT2D eigenvalue weighted by atomic mass is 9.85. The van der Waals surface area contributed by atoms with Gasteiger partial charge < -0.3 is 11.1 Å². The van der Waals surface area contributed by atoms with Crippen molar-refractivity contribution < 1.29 is 13.6 Å². The van der Waals surface area contributed by atoms with Crippen LogP contribution in [0.5, 0.6) is 0 Å². The van der Waals surface area contributed by atoms with E-state index in [9.17, 15) is 13.6 Å². The van der Waals surface area contributed by atoms with E-state index in [2.05, 4.69) is 5.32 Å². The molecule has 6 heteroatoms. The van der Waals surface area contributed by atoms with Gasteiger partial charge in [0.05, 0.1) is 10.4 Å². The summed E-state index contributed by atoms with van der Waals surface area (Å²) in [6.45, 7) is -0.0766. The van der Waals surface area contributed by atoms with Crippen molar-refractivity contribution in [2.24, 2.45) is 11.1 Å². The number of amides is 1. The quantitative estimate of drug-likeness (QED) is 0.839. The van der Waals surface area contributed by atoms with Crippen LogP contribution in [0.15, 0.2) is 18.2 Å². The first kappa shape index (κ1) is 14.8. The Bertz CT molecular complexity index is 542. The van der Waals surface area contributed by atoms with Crippen molar-refractivity contribution in [2.75, 3.05) is 0 Å². The third-order valence-corrected chi connectivity index (χ3v) is 4.20. The van der Waals surface area contributed by atoms with Crippen LogP contribution in [0.25, 0.3) is 0 Å². The summed E-state index contributed by atoms with van der Waals surface area (Å²) in [5, 5.41) is 2.62. The number of rotatable bonds is 4. The number of hydrogen-bond acceptors (Lipinski definition) is 2. The van der Waals surface area contributed by atoms with Gasteiger partial charge in [0.2, 0.25) is 5.91 Å². The number of carbonyl (C=O) groups is 1. The van der Waals surface area contributed by atoms with E-state index in [4.69, 9.17) is 18.0 Å². The zero-order chi connectivity index (χ0) is 14.8. The lowest BCUT2D eigenvalue weighted by Crippen LogP contribution is -2.47. The molecule has 1 amide bonds. The molecule has 0 heterocycles. The summed E-state index contributed by atoms with van der Waals surface area (Å²) in [5.41, 5.74) is 4.96. The number of thiocarbonyl (C=S) groups is 1. The van der Waals surface area contributed by atoms with Crippen LogP contribution in [0, 0.1) is 17.0 Å². The van der Waals surface area contributed by atoms with Crippen molar-refractivity contribution in [1.82, 2.24) is 5.32 Å². The molecule has 108 valence electrons. The standard InChI is InChI=1S/C14H16F2N2OS/c15-10-3-4-11(16)9(7-10)8-18-13(19)14(12(17)20)5-1-2-6-14/h3-4,7H,1-2,5-6,8H2,(H2,17,20)(H,18,19). The Morgan fingerprint density at radius 3 is 2.60 bits per heavy atom. The van der Waals surface area contributed by atoms with Crippen molar-refractivity contribution in [3.63, 3.8) is 0 Å². The maximum Gasteiger partial charge on any atom is 0.233 e.